The Morgan fingerprint density at radius 3 is 2.39 bits per heavy atom. The lowest BCUT2D eigenvalue weighted by molar-refractivity contribution is 0.936. The topological polar surface area (TPSA) is 0 Å². The van der Waals surface area contributed by atoms with Crippen molar-refractivity contribution in [1.82, 2.24) is 0 Å². The van der Waals surface area contributed by atoms with Gasteiger partial charge in [-0.3, -0.25) is 0 Å². The number of hydrogen-bond donors (Lipinski definition) is 0. The zero-order chi connectivity index (χ0) is 13.1. The van der Waals surface area contributed by atoms with Gasteiger partial charge in [0.1, 0.15) is 0 Å². The average molecular weight is 324 g/mol. The second-order valence-corrected chi connectivity index (χ2v) is 6.19. The molecule has 0 aliphatic heterocycles. The highest BCUT2D eigenvalue weighted by molar-refractivity contribution is 9.09. The Labute approximate surface area is 122 Å². The normalized spacial score (nSPS) is 12.4. The Balaban J connectivity index is 2.18. The van der Waals surface area contributed by atoms with Crippen molar-refractivity contribution in [3.05, 3.63) is 69.7 Å². The molecule has 1 atom stereocenters. The van der Waals surface area contributed by atoms with Crippen LogP contribution in [-0.4, -0.2) is 0 Å². The fourth-order valence-corrected chi connectivity index (χ4v) is 2.78. The van der Waals surface area contributed by atoms with E-state index in [1.807, 2.05) is 12.1 Å². The Hall–Kier alpha value is -0.790. The zero-order valence-corrected chi connectivity index (χ0v) is 12.9. The Morgan fingerprint density at radius 1 is 1.06 bits per heavy atom. The van der Waals surface area contributed by atoms with Gasteiger partial charge in [-0.2, -0.15) is 0 Å². The summed E-state index contributed by atoms with van der Waals surface area (Å²) in [5, 5.41) is 0.783. The summed E-state index contributed by atoms with van der Waals surface area (Å²) in [5.41, 5.74) is 5.32. The minimum Gasteiger partial charge on any atom is -0.0843 e. The number of hydrogen-bond acceptors (Lipinski definition) is 0. The van der Waals surface area contributed by atoms with E-state index in [2.05, 4.69) is 60.1 Å². The molecule has 0 aromatic heterocycles. The van der Waals surface area contributed by atoms with Crippen molar-refractivity contribution >= 4 is 27.5 Å². The van der Waals surface area contributed by atoms with Gasteiger partial charge in [-0.1, -0.05) is 63.4 Å². The molecule has 0 saturated heterocycles. The summed E-state index contributed by atoms with van der Waals surface area (Å²) in [7, 11) is 0. The summed E-state index contributed by atoms with van der Waals surface area (Å²) in [6, 6.07) is 14.6. The monoisotopic (exact) mass is 322 g/mol. The zero-order valence-electron chi connectivity index (χ0n) is 10.6. The Kier molecular flexibility index (Phi) is 4.47. The maximum Gasteiger partial charge on any atom is 0.0435 e. The summed E-state index contributed by atoms with van der Waals surface area (Å²) in [5.74, 6) is 0. The van der Waals surface area contributed by atoms with E-state index < -0.39 is 0 Å². The predicted molar refractivity (Wildman–Crippen MR) is 82.7 cm³/mol. The van der Waals surface area contributed by atoms with E-state index in [0.717, 1.165) is 11.4 Å². The first-order chi connectivity index (χ1) is 8.56. The van der Waals surface area contributed by atoms with Gasteiger partial charge in [0, 0.05) is 9.85 Å². The number of alkyl halides is 1. The smallest absolute Gasteiger partial charge is 0.0435 e. The maximum atomic E-state index is 5.91. The van der Waals surface area contributed by atoms with E-state index in [1.54, 1.807) is 0 Å². The summed E-state index contributed by atoms with van der Waals surface area (Å²) in [6.45, 7) is 4.30. The molecule has 94 valence electrons. The van der Waals surface area contributed by atoms with E-state index in [0.29, 0.717) is 4.83 Å². The average Bonchev–Trinajstić information content (AvgIpc) is 2.34. The highest BCUT2D eigenvalue weighted by Crippen LogP contribution is 2.29. The molecule has 0 nitrogen and oxygen atoms in total. The molecule has 2 aromatic carbocycles. The van der Waals surface area contributed by atoms with Crippen LogP contribution in [0.3, 0.4) is 0 Å². The number of rotatable bonds is 3. The van der Waals surface area contributed by atoms with Crippen LogP contribution in [-0.2, 0) is 6.42 Å². The lowest BCUT2D eigenvalue weighted by Crippen LogP contribution is -1.98. The summed E-state index contributed by atoms with van der Waals surface area (Å²) in [6.07, 6.45) is 0.995. The minimum atomic E-state index is 0.329. The van der Waals surface area contributed by atoms with Crippen molar-refractivity contribution in [1.29, 1.82) is 0 Å². The molecule has 0 amide bonds. The number of benzene rings is 2. The van der Waals surface area contributed by atoms with Gasteiger partial charge in [0.15, 0.2) is 0 Å². The van der Waals surface area contributed by atoms with Crippen LogP contribution >= 0.6 is 27.5 Å². The molecular formula is C16H16BrCl. The van der Waals surface area contributed by atoms with Gasteiger partial charge in [0.25, 0.3) is 0 Å². The molecule has 1 unspecified atom stereocenters. The molecule has 0 bridgehead atoms. The van der Waals surface area contributed by atoms with Gasteiger partial charge in [-0.15, -0.1) is 0 Å². The third-order valence-electron chi connectivity index (χ3n) is 3.14. The molecule has 0 N–H and O–H groups in total. The fraction of sp³-hybridized carbons (Fsp3) is 0.250. The molecule has 2 heteroatoms. The van der Waals surface area contributed by atoms with Crippen LogP contribution in [0.5, 0.6) is 0 Å². The second kappa shape index (κ2) is 5.90. The molecule has 2 rings (SSSR count). The molecule has 18 heavy (non-hydrogen) atoms. The van der Waals surface area contributed by atoms with Crippen LogP contribution < -0.4 is 0 Å². The van der Waals surface area contributed by atoms with Crippen LogP contribution in [0.4, 0.5) is 0 Å². The lowest BCUT2D eigenvalue weighted by atomic mass is 9.99. The van der Waals surface area contributed by atoms with Crippen molar-refractivity contribution < 1.29 is 0 Å². The molecule has 0 heterocycles. The van der Waals surface area contributed by atoms with Gasteiger partial charge in [-0.25, -0.2) is 0 Å². The number of aryl methyl sites for hydroxylation is 2. The van der Waals surface area contributed by atoms with Crippen LogP contribution in [0, 0.1) is 13.8 Å². The van der Waals surface area contributed by atoms with Crippen molar-refractivity contribution in [3.63, 3.8) is 0 Å². The molecule has 0 spiro atoms. The first kappa shape index (κ1) is 13.6. The quantitative estimate of drug-likeness (QED) is 0.642. The van der Waals surface area contributed by atoms with Crippen LogP contribution in [0.15, 0.2) is 42.5 Å². The van der Waals surface area contributed by atoms with E-state index in [4.69, 9.17) is 11.6 Å². The molecule has 0 aliphatic rings. The van der Waals surface area contributed by atoms with Crippen molar-refractivity contribution in [3.8, 4) is 0 Å². The molecule has 0 fully saturated rings. The van der Waals surface area contributed by atoms with E-state index >= 15 is 0 Å². The molecule has 0 saturated carbocycles. The first-order valence-corrected chi connectivity index (χ1v) is 7.31. The molecular weight excluding hydrogens is 308 g/mol. The largest absolute Gasteiger partial charge is 0.0843 e. The summed E-state index contributed by atoms with van der Waals surface area (Å²) >= 11 is 9.67. The molecule has 0 aliphatic carbocycles. The van der Waals surface area contributed by atoms with Gasteiger partial charge < -0.3 is 0 Å². The van der Waals surface area contributed by atoms with E-state index in [1.165, 1.54) is 22.3 Å². The first-order valence-electron chi connectivity index (χ1n) is 6.02. The van der Waals surface area contributed by atoms with Crippen molar-refractivity contribution in [2.24, 2.45) is 0 Å². The molecule has 0 radical (unpaired) electrons. The maximum absolute atomic E-state index is 5.91. The molecule has 2 aromatic rings. The van der Waals surface area contributed by atoms with Crippen molar-refractivity contribution in [2.75, 3.05) is 0 Å². The van der Waals surface area contributed by atoms with Gasteiger partial charge in [0.2, 0.25) is 0 Å². The van der Waals surface area contributed by atoms with Gasteiger partial charge >= 0.3 is 0 Å². The van der Waals surface area contributed by atoms with Crippen molar-refractivity contribution in [2.45, 2.75) is 25.1 Å². The standard InChI is InChI=1S/C16H16BrCl/c1-11-3-4-12(2)14(9-11)10-16(17)13-5-7-15(18)8-6-13/h3-9,16H,10H2,1-2H3. The fourth-order valence-electron chi connectivity index (χ4n) is 2.00. The second-order valence-electron chi connectivity index (χ2n) is 4.65. The predicted octanol–water partition coefficient (Wildman–Crippen LogP) is 5.64. The SMILES string of the molecule is Cc1ccc(C)c(CC(Br)c2ccc(Cl)cc2)c1. The summed E-state index contributed by atoms with van der Waals surface area (Å²) in [4.78, 5) is 0.329. The van der Waals surface area contributed by atoms with Gasteiger partial charge in [-0.05, 0) is 49.1 Å². The van der Waals surface area contributed by atoms with E-state index in [9.17, 15) is 0 Å². The highest BCUT2D eigenvalue weighted by Gasteiger charge is 2.10. The Morgan fingerprint density at radius 2 is 1.72 bits per heavy atom. The van der Waals surface area contributed by atoms with Crippen LogP contribution in [0.25, 0.3) is 0 Å². The Bertz CT molecular complexity index is 531. The summed E-state index contributed by atoms with van der Waals surface area (Å²) < 4.78 is 0. The third kappa shape index (κ3) is 3.37. The van der Waals surface area contributed by atoms with Crippen LogP contribution in [0.2, 0.25) is 5.02 Å². The van der Waals surface area contributed by atoms with E-state index in [-0.39, 0.29) is 0 Å². The minimum absolute atomic E-state index is 0.329. The van der Waals surface area contributed by atoms with Crippen LogP contribution in [0.1, 0.15) is 27.1 Å². The third-order valence-corrected chi connectivity index (χ3v) is 4.24. The lowest BCUT2D eigenvalue weighted by Gasteiger charge is -2.13. The number of halogens is 2. The highest BCUT2D eigenvalue weighted by atomic mass is 79.9. The van der Waals surface area contributed by atoms with Gasteiger partial charge in [0.05, 0.1) is 0 Å².